The molecule has 26 heavy (non-hydrogen) atoms. The zero-order chi connectivity index (χ0) is 18.8. The van der Waals surface area contributed by atoms with Gasteiger partial charge in [-0.05, 0) is 37.8 Å². The average Bonchev–Trinajstić information content (AvgIpc) is 2.63. The summed E-state index contributed by atoms with van der Waals surface area (Å²) in [7, 11) is 0. The number of ether oxygens (including phenoxy) is 3. The van der Waals surface area contributed by atoms with Gasteiger partial charge in [0, 0.05) is 6.04 Å². The Balaban J connectivity index is 1.65. The van der Waals surface area contributed by atoms with E-state index in [1.54, 1.807) is 6.07 Å². The maximum absolute atomic E-state index is 11.9. The molecule has 1 saturated carbocycles. The van der Waals surface area contributed by atoms with Gasteiger partial charge in [-0.15, -0.1) is 0 Å². The van der Waals surface area contributed by atoms with Crippen LogP contribution in [0.4, 0.5) is 0 Å². The third kappa shape index (κ3) is 6.58. The van der Waals surface area contributed by atoms with Crippen molar-refractivity contribution in [1.82, 2.24) is 5.32 Å². The molecule has 1 aliphatic rings. The molecule has 1 fully saturated rings. The van der Waals surface area contributed by atoms with Gasteiger partial charge in [0.2, 0.25) is 0 Å². The first-order chi connectivity index (χ1) is 12.6. The molecular weight excluding hydrogens is 334 g/mol. The molecule has 0 unspecified atom stereocenters. The predicted octanol–water partition coefficient (Wildman–Crippen LogP) is 3.09. The monoisotopic (exact) mass is 363 g/mol. The van der Waals surface area contributed by atoms with E-state index in [4.69, 9.17) is 14.2 Å². The SMILES string of the molecule is CCOc1ccccc1OCCC(=O)OCC(=O)N[C@@H]1CCCC[C@@H]1C. The van der Waals surface area contributed by atoms with Gasteiger partial charge in [0.15, 0.2) is 18.1 Å². The zero-order valence-corrected chi connectivity index (χ0v) is 15.7. The van der Waals surface area contributed by atoms with Crippen molar-refractivity contribution in [1.29, 1.82) is 0 Å². The Morgan fingerprint density at radius 1 is 1.12 bits per heavy atom. The van der Waals surface area contributed by atoms with Crippen LogP contribution >= 0.6 is 0 Å². The fourth-order valence-electron chi connectivity index (χ4n) is 3.09. The summed E-state index contributed by atoms with van der Waals surface area (Å²) in [6.07, 6.45) is 4.55. The fraction of sp³-hybridized carbons (Fsp3) is 0.600. The molecule has 1 aliphatic carbocycles. The summed E-state index contributed by atoms with van der Waals surface area (Å²) in [5.74, 6) is 1.02. The number of benzene rings is 1. The molecule has 0 spiro atoms. The first-order valence-electron chi connectivity index (χ1n) is 9.39. The molecule has 0 aromatic heterocycles. The van der Waals surface area contributed by atoms with Crippen molar-refractivity contribution in [2.45, 2.75) is 52.0 Å². The van der Waals surface area contributed by atoms with E-state index in [9.17, 15) is 9.59 Å². The van der Waals surface area contributed by atoms with Crippen LogP contribution in [0, 0.1) is 5.92 Å². The number of esters is 1. The molecule has 144 valence electrons. The van der Waals surface area contributed by atoms with Gasteiger partial charge in [-0.2, -0.15) is 0 Å². The Morgan fingerprint density at radius 2 is 1.81 bits per heavy atom. The molecule has 2 rings (SSSR count). The summed E-state index contributed by atoms with van der Waals surface area (Å²) in [4.78, 5) is 23.7. The summed E-state index contributed by atoms with van der Waals surface area (Å²) < 4.78 is 16.1. The summed E-state index contributed by atoms with van der Waals surface area (Å²) in [6, 6.07) is 7.49. The topological polar surface area (TPSA) is 73.9 Å². The van der Waals surface area contributed by atoms with E-state index in [0.29, 0.717) is 24.0 Å². The number of amides is 1. The van der Waals surface area contributed by atoms with Crippen LogP contribution in [0.15, 0.2) is 24.3 Å². The number of hydrogen-bond acceptors (Lipinski definition) is 5. The van der Waals surface area contributed by atoms with Gasteiger partial charge in [0.1, 0.15) is 0 Å². The van der Waals surface area contributed by atoms with Crippen molar-refractivity contribution in [3.63, 3.8) is 0 Å². The van der Waals surface area contributed by atoms with E-state index in [1.807, 2.05) is 25.1 Å². The maximum Gasteiger partial charge on any atom is 0.309 e. The molecule has 6 heteroatoms. The second-order valence-electron chi connectivity index (χ2n) is 6.57. The third-order valence-electron chi connectivity index (χ3n) is 4.53. The fourth-order valence-corrected chi connectivity index (χ4v) is 3.09. The van der Waals surface area contributed by atoms with Crippen molar-refractivity contribution >= 4 is 11.9 Å². The Bertz CT molecular complexity index is 589. The van der Waals surface area contributed by atoms with Gasteiger partial charge < -0.3 is 19.5 Å². The highest BCUT2D eigenvalue weighted by molar-refractivity contribution is 5.80. The molecule has 1 aromatic rings. The molecule has 0 saturated heterocycles. The van der Waals surface area contributed by atoms with E-state index in [2.05, 4.69) is 12.2 Å². The van der Waals surface area contributed by atoms with Gasteiger partial charge in [-0.1, -0.05) is 31.9 Å². The van der Waals surface area contributed by atoms with Crippen LogP contribution in [0.2, 0.25) is 0 Å². The number of para-hydroxylation sites is 2. The van der Waals surface area contributed by atoms with Crippen LogP contribution < -0.4 is 14.8 Å². The van der Waals surface area contributed by atoms with Gasteiger partial charge in [0.25, 0.3) is 5.91 Å². The van der Waals surface area contributed by atoms with Gasteiger partial charge in [0.05, 0.1) is 19.6 Å². The molecular formula is C20H29NO5. The van der Waals surface area contributed by atoms with E-state index < -0.39 is 5.97 Å². The van der Waals surface area contributed by atoms with Crippen LogP contribution in [-0.2, 0) is 14.3 Å². The number of hydrogen-bond donors (Lipinski definition) is 1. The van der Waals surface area contributed by atoms with Gasteiger partial charge >= 0.3 is 5.97 Å². The van der Waals surface area contributed by atoms with Crippen molar-refractivity contribution < 1.29 is 23.8 Å². The number of carbonyl (C=O) groups is 2. The summed E-state index contributed by atoms with van der Waals surface area (Å²) in [6.45, 7) is 4.51. The van der Waals surface area contributed by atoms with Crippen LogP contribution in [-0.4, -0.2) is 37.7 Å². The van der Waals surface area contributed by atoms with Gasteiger partial charge in [-0.25, -0.2) is 0 Å². The minimum Gasteiger partial charge on any atom is -0.490 e. The van der Waals surface area contributed by atoms with Crippen LogP contribution in [0.5, 0.6) is 11.5 Å². The largest absolute Gasteiger partial charge is 0.490 e. The Labute approximate surface area is 155 Å². The highest BCUT2D eigenvalue weighted by Crippen LogP contribution is 2.26. The molecule has 1 amide bonds. The minimum atomic E-state index is -0.453. The first kappa shape index (κ1) is 20.1. The standard InChI is InChI=1S/C20H29NO5/c1-3-24-17-10-6-7-11-18(17)25-13-12-20(23)26-14-19(22)21-16-9-5-4-8-15(16)2/h6-7,10-11,15-16H,3-5,8-9,12-14H2,1-2H3,(H,21,22)/t15-,16+/m0/s1. The second-order valence-corrected chi connectivity index (χ2v) is 6.57. The number of carbonyl (C=O) groups excluding carboxylic acids is 2. The van der Waals surface area contributed by atoms with Crippen LogP contribution in [0.25, 0.3) is 0 Å². The van der Waals surface area contributed by atoms with Crippen molar-refractivity contribution in [3.8, 4) is 11.5 Å². The van der Waals surface area contributed by atoms with E-state index in [-0.39, 0.29) is 31.6 Å². The molecule has 6 nitrogen and oxygen atoms in total. The van der Waals surface area contributed by atoms with Crippen molar-refractivity contribution in [3.05, 3.63) is 24.3 Å². The molecule has 2 atom stereocenters. The summed E-state index contributed by atoms with van der Waals surface area (Å²) in [5.41, 5.74) is 0. The van der Waals surface area contributed by atoms with E-state index in [0.717, 1.165) is 19.3 Å². The summed E-state index contributed by atoms with van der Waals surface area (Å²) in [5, 5.41) is 2.96. The molecule has 1 aromatic carbocycles. The summed E-state index contributed by atoms with van der Waals surface area (Å²) >= 11 is 0. The number of rotatable bonds is 9. The minimum absolute atomic E-state index is 0.0770. The predicted molar refractivity (Wildman–Crippen MR) is 98.2 cm³/mol. The van der Waals surface area contributed by atoms with Gasteiger partial charge in [-0.3, -0.25) is 9.59 Å². The molecule has 1 N–H and O–H groups in total. The van der Waals surface area contributed by atoms with Crippen LogP contribution in [0.3, 0.4) is 0 Å². The second kappa shape index (κ2) is 10.7. The lowest BCUT2D eigenvalue weighted by Crippen LogP contribution is -2.42. The lowest BCUT2D eigenvalue weighted by atomic mass is 9.86. The highest BCUT2D eigenvalue weighted by Gasteiger charge is 2.23. The molecule has 0 radical (unpaired) electrons. The Kier molecular flexibility index (Phi) is 8.25. The first-order valence-corrected chi connectivity index (χ1v) is 9.39. The lowest BCUT2D eigenvalue weighted by Gasteiger charge is -2.29. The Hall–Kier alpha value is -2.24. The maximum atomic E-state index is 11.9. The van der Waals surface area contributed by atoms with E-state index in [1.165, 1.54) is 6.42 Å². The van der Waals surface area contributed by atoms with E-state index >= 15 is 0 Å². The molecule has 0 bridgehead atoms. The average molecular weight is 363 g/mol. The smallest absolute Gasteiger partial charge is 0.309 e. The molecule has 0 aliphatic heterocycles. The number of nitrogens with one attached hydrogen (secondary N) is 1. The van der Waals surface area contributed by atoms with Crippen LogP contribution in [0.1, 0.15) is 46.0 Å². The normalized spacial score (nSPS) is 19.5. The quantitative estimate of drug-likeness (QED) is 0.683. The zero-order valence-electron chi connectivity index (χ0n) is 15.7. The highest BCUT2D eigenvalue weighted by atomic mass is 16.5. The lowest BCUT2D eigenvalue weighted by molar-refractivity contribution is -0.149. The van der Waals surface area contributed by atoms with Crippen molar-refractivity contribution in [2.75, 3.05) is 19.8 Å². The third-order valence-corrected chi connectivity index (χ3v) is 4.53. The Morgan fingerprint density at radius 3 is 2.50 bits per heavy atom. The van der Waals surface area contributed by atoms with Crippen molar-refractivity contribution in [2.24, 2.45) is 5.92 Å². The molecule has 0 heterocycles.